The number of rotatable bonds is 6. The summed E-state index contributed by atoms with van der Waals surface area (Å²) in [7, 11) is 0. The van der Waals surface area contributed by atoms with Gasteiger partial charge in [0, 0.05) is 18.7 Å². The number of benzene rings is 1. The van der Waals surface area contributed by atoms with Crippen molar-refractivity contribution >= 4 is 44.1 Å². The molecule has 0 bridgehead atoms. The minimum atomic E-state index is -0.593. The number of halogens is 2. The average Bonchev–Trinajstić information content (AvgIpc) is 2.43. The first kappa shape index (κ1) is 17.2. The van der Waals surface area contributed by atoms with Gasteiger partial charge >= 0.3 is 0 Å². The Hall–Kier alpha value is -0.880. The summed E-state index contributed by atoms with van der Waals surface area (Å²) < 4.78 is 6.99. The molecule has 0 fully saturated rings. The predicted octanol–water partition coefficient (Wildman–Crippen LogP) is 3.66. The summed E-state index contributed by atoms with van der Waals surface area (Å²) in [4.78, 5) is 24.7. The van der Waals surface area contributed by atoms with Gasteiger partial charge in [0.05, 0.1) is 8.95 Å². The Kier molecular flexibility index (Phi) is 6.68. The van der Waals surface area contributed by atoms with Crippen LogP contribution in [0.5, 0.6) is 5.75 Å². The molecule has 1 rings (SSSR count). The molecule has 0 heterocycles. The number of ether oxygens (including phenoxy) is 1. The highest BCUT2D eigenvalue weighted by molar-refractivity contribution is 9.11. The highest BCUT2D eigenvalue weighted by Gasteiger charge is 2.22. The Morgan fingerprint density at radius 2 is 1.80 bits per heavy atom. The second kappa shape index (κ2) is 7.78. The van der Waals surface area contributed by atoms with E-state index in [2.05, 4.69) is 31.9 Å². The zero-order valence-electron chi connectivity index (χ0n) is 11.7. The summed E-state index contributed by atoms with van der Waals surface area (Å²) >= 11 is 6.70. The molecule has 20 heavy (non-hydrogen) atoms. The Morgan fingerprint density at radius 3 is 2.20 bits per heavy atom. The number of nitrogens with zero attached hydrogens (tertiary/aromatic N) is 1. The summed E-state index contributed by atoms with van der Waals surface area (Å²) in [5.74, 6) is 0.455. The number of likely N-dealkylation sites (N-methyl/N-ethyl adjacent to an activating group) is 1. The average molecular weight is 407 g/mol. The van der Waals surface area contributed by atoms with Gasteiger partial charge < -0.3 is 9.64 Å². The lowest BCUT2D eigenvalue weighted by Crippen LogP contribution is -2.40. The Morgan fingerprint density at radius 1 is 1.30 bits per heavy atom. The number of hydrogen-bond donors (Lipinski definition) is 0. The molecular formula is C14H17Br2NO3. The van der Waals surface area contributed by atoms with Crippen molar-refractivity contribution in [3.63, 3.8) is 0 Å². The smallest absolute Gasteiger partial charge is 0.263 e. The molecule has 0 aromatic heterocycles. The van der Waals surface area contributed by atoms with Gasteiger partial charge in [0.2, 0.25) is 0 Å². The maximum Gasteiger partial charge on any atom is 0.263 e. The molecule has 0 aliphatic heterocycles. The van der Waals surface area contributed by atoms with Crippen LogP contribution in [0.2, 0.25) is 0 Å². The van der Waals surface area contributed by atoms with E-state index in [0.717, 1.165) is 6.29 Å². The van der Waals surface area contributed by atoms with Crippen LogP contribution >= 0.6 is 31.9 Å². The highest BCUT2D eigenvalue weighted by atomic mass is 79.9. The van der Waals surface area contributed by atoms with Crippen LogP contribution in [0.1, 0.15) is 31.1 Å². The van der Waals surface area contributed by atoms with Crippen LogP contribution in [0.15, 0.2) is 21.1 Å². The van der Waals surface area contributed by atoms with Crippen LogP contribution in [0.4, 0.5) is 0 Å². The minimum Gasteiger partial charge on any atom is -0.479 e. The minimum absolute atomic E-state index is 0.0618. The number of amides is 1. The first-order valence-corrected chi connectivity index (χ1v) is 7.92. The third-order valence-corrected chi connectivity index (χ3v) is 4.05. The van der Waals surface area contributed by atoms with Gasteiger partial charge in [0.15, 0.2) is 6.10 Å². The number of carbonyl (C=O) groups is 2. The van der Waals surface area contributed by atoms with Crippen molar-refractivity contribution in [2.75, 3.05) is 13.1 Å². The van der Waals surface area contributed by atoms with Crippen molar-refractivity contribution in [2.45, 2.75) is 26.9 Å². The normalized spacial score (nSPS) is 11.8. The van der Waals surface area contributed by atoms with Crippen LogP contribution in [0, 0.1) is 0 Å². The first-order valence-electron chi connectivity index (χ1n) is 6.34. The summed E-state index contributed by atoms with van der Waals surface area (Å²) in [5, 5.41) is 0. The van der Waals surface area contributed by atoms with E-state index in [1.54, 1.807) is 24.0 Å². The van der Waals surface area contributed by atoms with Gasteiger partial charge in [-0.1, -0.05) is 0 Å². The van der Waals surface area contributed by atoms with E-state index in [0.29, 0.717) is 33.3 Å². The maximum absolute atomic E-state index is 12.2. The molecule has 1 aromatic rings. The Balaban J connectivity index is 2.93. The molecule has 1 aromatic carbocycles. The fourth-order valence-corrected chi connectivity index (χ4v) is 3.19. The van der Waals surface area contributed by atoms with Gasteiger partial charge in [-0.3, -0.25) is 9.59 Å². The van der Waals surface area contributed by atoms with Crippen molar-refractivity contribution in [3.8, 4) is 5.75 Å². The molecular weight excluding hydrogens is 390 g/mol. The molecule has 0 saturated heterocycles. The number of carbonyl (C=O) groups excluding carboxylic acids is 2. The topological polar surface area (TPSA) is 46.6 Å². The fraction of sp³-hybridized carbons (Fsp3) is 0.429. The van der Waals surface area contributed by atoms with Crippen LogP contribution in [0.3, 0.4) is 0 Å². The summed E-state index contributed by atoms with van der Waals surface area (Å²) in [6, 6.07) is 3.31. The van der Waals surface area contributed by atoms with Gasteiger partial charge in [-0.2, -0.15) is 0 Å². The second-order valence-corrected chi connectivity index (χ2v) is 5.91. The fourth-order valence-electron chi connectivity index (χ4n) is 1.78. The van der Waals surface area contributed by atoms with E-state index in [-0.39, 0.29) is 5.91 Å². The quantitative estimate of drug-likeness (QED) is 0.677. The van der Waals surface area contributed by atoms with Crippen molar-refractivity contribution in [2.24, 2.45) is 0 Å². The van der Waals surface area contributed by atoms with E-state index in [4.69, 9.17) is 4.74 Å². The van der Waals surface area contributed by atoms with E-state index in [1.165, 1.54) is 0 Å². The number of hydrogen-bond acceptors (Lipinski definition) is 3. The summed E-state index contributed by atoms with van der Waals surface area (Å²) in [6.45, 7) is 6.87. The monoisotopic (exact) mass is 405 g/mol. The summed E-state index contributed by atoms with van der Waals surface area (Å²) in [6.07, 6.45) is 0.161. The molecule has 1 amide bonds. The van der Waals surface area contributed by atoms with Crippen LogP contribution < -0.4 is 4.74 Å². The van der Waals surface area contributed by atoms with Crippen molar-refractivity contribution in [1.29, 1.82) is 0 Å². The predicted molar refractivity (Wildman–Crippen MR) is 85.2 cm³/mol. The lowest BCUT2D eigenvalue weighted by Gasteiger charge is -2.24. The SMILES string of the molecule is CCN(CC)C(=O)C(C)Oc1c(Br)cc(C=O)cc1Br. The van der Waals surface area contributed by atoms with Crippen LogP contribution in [-0.4, -0.2) is 36.3 Å². The molecule has 0 radical (unpaired) electrons. The Bertz CT molecular complexity index is 478. The molecule has 1 unspecified atom stereocenters. The first-order chi connectivity index (χ1) is 9.44. The van der Waals surface area contributed by atoms with Gasteiger partial charge in [-0.05, 0) is 64.8 Å². The van der Waals surface area contributed by atoms with Gasteiger partial charge in [0.1, 0.15) is 12.0 Å². The molecule has 1 atom stereocenters. The molecule has 0 spiro atoms. The van der Waals surface area contributed by atoms with Crippen molar-refractivity contribution in [1.82, 2.24) is 4.90 Å². The lowest BCUT2D eigenvalue weighted by atomic mass is 10.2. The standard InChI is InChI=1S/C14H17Br2NO3/c1-4-17(5-2)14(19)9(3)20-13-11(15)6-10(8-18)7-12(13)16/h6-9H,4-5H2,1-3H3. The summed E-state index contributed by atoms with van der Waals surface area (Å²) in [5.41, 5.74) is 0.527. The van der Waals surface area contributed by atoms with E-state index >= 15 is 0 Å². The second-order valence-electron chi connectivity index (χ2n) is 4.20. The van der Waals surface area contributed by atoms with Crippen LogP contribution in [0.25, 0.3) is 0 Å². The molecule has 0 aliphatic carbocycles. The van der Waals surface area contributed by atoms with Gasteiger partial charge in [-0.25, -0.2) is 0 Å². The van der Waals surface area contributed by atoms with E-state index in [1.807, 2.05) is 13.8 Å². The molecule has 0 aliphatic rings. The third kappa shape index (κ3) is 4.06. The molecule has 0 saturated carbocycles. The van der Waals surface area contributed by atoms with Gasteiger partial charge in [-0.15, -0.1) is 0 Å². The molecule has 4 nitrogen and oxygen atoms in total. The van der Waals surface area contributed by atoms with Crippen LogP contribution in [-0.2, 0) is 4.79 Å². The lowest BCUT2D eigenvalue weighted by molar-refractivity contribution is -0.137. The van der Waals surface area contributed by atoms with E-state index < -0.39 is 6.10 Å². The molecule has 110 valence electrons. The van der Waals surface area contributed by atoms with Gasteiger partial charge in [0.25, 0.3) is 5.91 Å². The largest absolute Gasteiger partial charge is 0.479 e. The zero-order chi connectivity index (χ0) is 15.3. The molecule has 6 heteroatoms. The van der Waals surface area contributed by atoms with Crippen molar-refractivity contribution in [3.05, 3.63) is 26.6 Å². The third-order valence-electron chi connectivity index (χ3n) is 2.87. The Labute approximate surface area is 135 Å². The van der Waals surface area contributed by atoms with E-state index in [9.17, 15) is 9.59 Å². The molecule has 0 N–H and O–H groups in total. The maximum atomic E-state index is 12.2. The highest BCUT2D eigenvalue weighted by Crippen LogP contribution is 2.35. The number of aldehydes is 1. The zero-order valence-corrected chi connectivity index (χ0v) is 14.8. The van der Waals surface area contributed by atoms with Crippen molar-refractivity contribution < 1.29 is 14.3 Å².